The second-order valence-corrected chi connectivity index (χ2v) is 7.72. The SMILES string of the molecule is CC=C1N=NN(Cc2cccc(-c3ncc(OCCOC)cn3)c2)C1=N/C(=C\C)c1cnn(C)c1. The van der Waals surface area contributed by atoms with Crippen LogP contribution in [0.3, 0.4) is 0 Å². The number of aromatic nitrogens is 4. The number of amidine groups is 1. The number of aryl methyl sites for hydroxylation is 1. The minimum atomic E-state index is 0.451. The highest BCUT2D eigenvalue weighted by Crippen LogP contribution is 2.25. The van der Waals surface area contributed by atoms with Gasteiger partial charge in [-0.25, -0.2) is 20.0 Å². The first-order valence-electron chi connectivity index (χ1n) is 11.2. The van der Waals surface area contributed by atoms with Crippen LogP contribution in [0.1, 0.15) is 25.0 Å². The van der Waals surface area contributed by atoms with E-state index in [1.807, 2.05) is 63.5 Å². The molecule has 0 aliphatic carbocycles. The lowest BCUT2D eigenvalue weighted by Crippen LogP contribution is -2.22. The Balaban J connectivity index is 1.53. The molecule has 0 N–H and O–H groups in total. The molecule has 180 valence electrons. The van der Waals surface area contributed by atoms with E-state index in [0.717, 1.165) is 28.1 Å². The number of allylic oxidation sites excluding steroid dienone is 2. The van der Waals surface area contributed by atoms with Gasteiger partial charge in [-0.1, -0.05) is 35.6 Å². The summed E-state index contributed by atoms with van der Waals surface area (Å²) in [5.74, 6) is 1.90. The minimum absolute atomic E-state index is 0.451. The van der Waals surface area contributed by atoms with Gasteiger partial charge in [-0.05, 0) is 25.5 Å². The topological polar surface area (TPSA) is 102 Å². The lowest BCUT2D eigenvalue weighted by molar-refractivity contribution is 0.146. The van der Waals surface area contributed by atoms with Crippen LogP contribution in [0.15, 0.2) is 82.2 Å². The van der Waals surface area contributed by atoms with E-state index in [1.165, 1.54) is 0 Å². The van der Waals surface area contributed by atoms with Crippen LogP contribution in [0.25, 0.3) is 17.1 Å². The van der Waals surface area contributed by atoms with Gasteiger partial charge in [-0.15, -0.1) is 5.11 Å². The maximum Gasteiger partial charge on any atom is 0.179 e. The van der Waals surface area contributed by atoms with Crippen LogP contribution in [0.5, 0.6) is 5.75 Å². The smallest absolute Gasteiger partial charge is 0.179 e. The number of aliphatic imine (C=N–C) groups is 1. The molecule has 0 radical (unpaired) electrons. The highest BCUT2D eigenvalue weighted by Gasteiger charge is 2.23. The predicted octanol–water partition coefficient (Wildman–Crippen LogP) is 4.45. The normalized spacial score (nSPS) is 16.0. The van der Waals surface area contributed by atoms with Crippen LogP contribution in [-0.4, -0.2) is 50.9 Å². The standard InChI is InChI=1S/C25H28N8O2/c1-5-22(20-13-28-32(3)17-20)29-25-23(6-2)30-31-33(25)16-18-8-7-9-19(12-18)24-26-14-21(15-27-24)35-11-10-34-4/h5-9,12-15,17H,10-11,16H2,1-4H3/b22-5-,23-6?,29-25?. The summed E-state index contributed by atoms with van der Waals surface area (Å²) in [4.78, 5) is 13.8. The van der Waals surface area contributed by atoms with Crippen molar-refractivity contribution in [3.63, 3.8) is 0 Å². The van der Waals surface area contributed by atoms with E-state index in [2.05, 4.69) is 25.4 Å². The Kier molecular flexibility index (Phi) is 7.74. The maximum atomic E-state index is 5.55. The van der Waals surface area contributed by atoms with Gasteiger partial charge in [0.25, 0.3) is 0 Å². The number of hydrogen-bond donors (Lipinski definition) is 0. The molecular formula is C25H28N8O2. The highest BCUT2D eigenvalue weighted by molar-refractivity contribution is 6.01. The van der Waals surface area contributed by atoms with E-state index in [4.69, 9.17) is 14.5 Å². The molecule has 1 aromatic carbocycles. The van der Waals surface area contributed by atoms with Crippen LogP contribution in [0, 0.1) is 0 Å². The lowest BCUT2D eigenvalue weighted by atomic mass is 10.1. The van der Waals surface area contributed by atoms with Gasteiger partial charge in [0.1, 0.15) is 12.3 Å². The van der Waals surface area contributed by atoms with Crippen molar-refractivity contribution in [2.24, 2.45) is 22.4 Å². The Labute approximate surface area is 204 Å². The van der Waals surface area contributed by atoms with Crippen LogP contribution in [-0.2, 0) is 18.3 Å². The zero-order chi connectivity index (χ0) is 24.6. The number of rotatable bonds is 9. The van der Waals surface area contributed by atoms with Crippen molar-refractivity contribution in [1.82, 2.24) is 24.8 Å². The third-order valence-electron chi connectivity index (χ3n) is 5.21. The molecule has 0 amide bonds. The molecule has 0 saturated carbocycles. The molecule has 1 aliphatic heterocycles. The highest BCUT2D eigenvalue weighted by atomic mass is 16.5. The summed E-state index contributed by atoms with van der Waals surface area (Å²) >= 11 is 0. The van der Waals surface area contributed by atoms with Crippen LogP contribution in [0.2, 0.25) is 0 Å². The molecule has 0 fully saturated rings. The Morgan fingerprint density at radius 2 is 1.94 bits per heavy atom. The van der Waals surface area contributed by atoms with Gasteiger partial charge in [0.15, 0.2) is 17.4 Å². The Morgan fingerprint density at radius 3 is 2.63 bits per heavy atom. The van der Waals surface area contributed by atoms with Crippen molar-refractivity contribution >= 4 is 11.5 Å². The van der Waals surface area contributed by atoms with Crippen molar-refractivity contribution < 1.29 is 9.47 Å². The molecule has 10 heteroatoms. The Morgan fingerprint density at radius 1 is 1.11 bits per heavy atom. The predicted molar refractivity (Wildman–Crippen MR) is 133 cm³/mol. The largest absolute Gasteiger partial charge is 0.488 e. The molecule has 2 aromatic heterocycles. The molecule has 0 bridgehead atoms. The van der Waals surface area contributed by atoms with Crippen molar-refractivity contribution in [1.29, 1.82) is 0 Å². The molecule has 4 rings (SSSR count). The molecule has 35 heavy (non-hydrogen) atoms. The molecule has 3 heterocycles. The van der Waals surface area contributed by atoms with E-state index < -0.39 is 0 Å². The first kappa shape index (κ1) is 24.0. The first-order valence-corrected chi connectivity index (χ1v) is 11.2. The summed E-state index contributed by atoms with van der Waals surface area (Å²) in [6, 6.07) is 8.02. The van der Waals surface area contributed by atoms with Gasteiger partial charge in [-0.3, -0.25) is 4.68 Å². The summed E-state index contributed by atoms with van der Waals surface area (Å²) in [5, 5.41) is 14.7. The molecule has 0 saturated heterocycles. The van der Waals surface area contributed by atoms with Crippen LogP contribution in [0.4, 0.5) is 0 Å². The fraction of sp³-hybridized carbons (Fsp3) is 0.280. The Bertz CT molecular complexity index is 1270. The number of benzene rings is 1. The van der Waals surface area contributed by atoms with Crippen LogP contribution < -0.4 is 4.74 Å². The van der Waals surface area contributed by atoms with Gasteiger partial charge < -0.3 is 9.47 Å². The molecule has 1 aliphatic rings. The summed E-state index contributed by atoms with van der Waals surface area (Å²) < 4.78 is 12.3. The van der Waals surface area contributed by atoms with Gasteiger partial charge in [-0.2, -0.15) is 5.10 Å². The van der Waals surface area contributed by atoms with Crippen molar-refractivity contribution in [3.8, 4) is 17.1 Å². The number of hydrogen-bond acceptors (Lipinski definition) is 8. The zero-order valence-electron chi connectivity index (χ0n) is 20.3. The molecular weight excluding hydrogens is 444 g/mol. The third-order valence-corrected chi connectivity index (χ3v) is 5.21. The summed E-state index contributed by atoms with van der Waals surface area (Å²) in [7, 11) is 3.51. The second-order valence-electron chi connectivity index (χ2n) is 7.72. The van der Waals surface area contributed by atoms with E-state index in [9.17, 15) is 0 Å². The molecule has 0 atom stereocenters. The van der Waals surface area contributed by atoms with Crippen molar-refractivity contribution in [2.45, 2.75) is 20.4 Å². The fourth-order valence-corrected chi connectivity index (χ4v) is 3.46. The number of nitrogens with zero attached hydrogens (tertiary/aromatic N) is 8. The Hall–Kier alpha value is -4.18. The average molecular weight is 473 g/mol. The molecule has 0 unspecified atom stereocenters. The minimum Gasteiger partial charge on any atom is -0.488 e. The van der Waals surface area contributed by atoms with E-state index in [1.54, 1.807) is 35.4 Å². The fourth-order valence-electron chi connectivity index (χ4n) is 3.46. The average Bonchev–Trinajstić information content (AvgIpc) is 3.48. The van der Waals surface area contributed by atoms with Gasteiger partial charge in [0.2, 0.25) is 0 Å². The number of ether oxygens (including phenoxy) is 2. The maximum absolute atomic E-state index is 5.55. The van der Waals surface area contributed by atoms with Gasteiger partial charge >= 0.3 is 0 Å². The lowest BCUT2D eigenvalue weighted by Gasteiger charge is -2.15. The molecule has 10 nitrogen and oxygen atoms in total. The molecule has 3 aromatic rings. The van der Waals surface area contributed by atoms with E-state index in [-0.39, 0.29) is 0 Å². The summed E-state index contributed by atoms with van der Waals surface area (Å²) in [6.45, 7) is 5.33. The summed E-state index contributed by atoms with van der Waals surface area (Å²) in [5.41, 5.74) is 4.38. The van der Waals surface area contributed by atoms with Gasteiger partial charge in [0, 0.05) is 31.5 Å². The van der Waals surface area contributed by atoms with Crippen LogP contribution >= 0.6 is 0 Å². The zero-order valence-corrected chi connectivity index (χ0v) is 20.3. The third kappa shape index (κ3) is 5.85. The molecule has 0 spiro atoms. The first-order chi connectivity index (χ1) is 17.1. The van der Waals surface area contributed by atoms with Crippen molar-refractivity contribution in [2.75, 3.05) is 20.3 Å². The monoisotopic (exact) mass is 472 g/mol. The van der Waals surface area contributed by atoms with Gasteiger partial charge in [0.05, 0.1) is 37.4 Å². The number of methoxy groups -OCH3 is 1. The van der Waals surface area contributed by atoms with E-state index in [0.29, 0.717) is 37.2 Å². The quantitative estimate of drug-likeness (QED) is 0.427. The van der Waals surface area contributed by atoms with Crippen molar-refractivity contribution in [3.05, 3.63) is 78.0 Å². The van der Waals surface area contributed by atoms with E-state index >= 15 is 0 Å². The summed E-state index contributed by atoms with van der Waals surface area (Å²) in [6.07, 6.45) is 10.9. The second kappa shape index (κ2) is 11.3.